The minimum absolute atomic E-state index is 0.0517. The van der Waals surface area contributed by atoms with Crippen molar-refractivity contribution in [1.29, 1.82) is 0 Å². The highest BCUT2D eigenvalue weighted by atomic mass is 16.5. The lowest BCUT2D eigenvalue weighted by molar-refractivity contribution is 0.0689. The van der Waals surface area contributed by atoms with Crippen molar-refractivity contribution in [3.8, 4) is 11.4 Å². The zero-order valence-electron chi connectivity index (χ0n) is 18.2. The van der Waals surface area contributed by atoms with Crippen LogP contribution in [0, 0.1) is 20.8 Å². The van der Waals surface area contributed by atoms with Crippen molar-refractivity contribution in [2.75, 3.05) is 6.61 Å². The molecule has 0 atom stereocenters. The van der Waals surface area contributed by atoms with Crippen molar-refractivity contribution in [3.63, 3.8) is 0 Å². The SMILES string of the molecule is Cc1ccc(-n2nc(Cc3ccc(OCCc4nc(C)oc4C)cc3)c(C(=O)O)n2)cc1. The van der Waals surface area contributed by atoms with Gasteiger partial charge in [-0.3, -0.25) is 0 Å². The first-order valence-electron chi connectivity index (χ1n) is 10.3. The van der Waals surface area contributed by atoms with Gasteiger partial charge in [-0.25, -0.2) is 9.78 Å². The molecule has 0 fully saturated rings. The van der Waals surface area contributed by atoms with E-state index in [1.54, 1.807) is 0 Å². The third-order valence-electron chi connectivity index (χ3n) is 5.05. The molecule has 164 valence electrons. The normalized spacial score (nSPS) is 11.0. The van der Waals surface area contributed by atoms with Crippen LogP contribution in [0.4, 0.5) is 0 Å². The zero-order chi connectivity index (χ0) is 22.7. The molecular formula is C24H24N4O4. The molecule has 0 aliphatic heterocycles. The molecule has 0 saturated heterocycles. The van der Waals surface area contributed by atoms with Gasteiger partial charge in [-0.2, -0.15) is 9.90 Å². The molecule has 8 nitrogen and oxygen atoms in total. The number of aromatic nitrogens is 4. The van der Waals surface area contributed by atoms with E-state index in [4.69, 9.17) is 9.15 Å². The maximum absolute atomic E-state index is 11.7. The molecule has 8 heteroatoms. The highest BCUT2D eigenvalue weighted by Gasteiger charge is 2.19. The number of aryl methyl sites for hydroxylation is 3. The average Bonchev–Trinajstić information content (AvgIpc) is 3.32. The summed E-state index contributed by atoms with van der Waals surface area (Å²) in [6.07, 6.45) is 1.01. The van der Waals surface area contributed by atoms with Crippen LogP contribution in [0.1, 0.15) is 44.7 Å². The number of aromatic carboxylic acids is 1. The minimum Gasteiger partial charge on any atom is -0.493 e. The van der Waals surface area contributed by atoms with Crippen molar-refractivity contribution < 1.29 is 19.1 Å². The summed E-state index contributed by atoms with van der Waals surface area (Å²) in [5.74, 6) is 1.10. The quantitative estimate of drug-likeness (QED) is 0.447. The Labute approximate surface area is 185 Å². The van der Waals surface area contributed by atoms with Gasteiger partial charge in [0.2, 0.25) is 0 Å². The van der Waals surface area contributed by atoms with Crippen molar-refractivity contribution in [2.45, 2.75) is 33.6 Å². The first-order chi connectivity index (χ1) is 15.4. The van der Waals surface area contributed by atoms with Crippen molar-refractivity contribution in [1.82, 2.24) is 20.0 Å². The van der Waals surface area contributed by atoms with E-state index in [0.717, 1.165) is 28.3 Å². The van der Waals surface area contributed by atoms with E-state index in [9.17, 15) is 9.90 Å². The summed E-state index contributed by atoms with van der Waals surface area (Å²) in [6, 6.07) is 15.1. The van der Waals surface area contributed by atoms with Crippen molar-refractivity contribution >= 4 is 5.97 Å². The van der Waals surface area contributed by atoms with Gasteiger partial charge in [0.05, 0.1) is 18.0 Å². The Morgan fingerprint density at radius 3 is 2.34 bits per heavy atom. The lowest BCUT2D eigenvalue weighted by Crippen LogP contribution is -2.04. The molecule has 0 radical (unpaired) electrons. The van der Waals surface area contributed by atoms with Crippen LogP contribution >= 0.6 is 0 Å². The number of carboxylic acid groups (broad SMARTS) is 1. The van der Waals surface area contributed by atoms with E-state index in [1.807, 2.05) is 69.3 Å². The Bertz CT molecular complexity index is 1220. The fourth-order valence-electron chi connectivity index (χ4n) is 3.38. The Morgan fingerprint density at radius 1 is 1.00 bits per heavy atom. The van der Waals surface area contributed by atoms with Crippen LogP contribution in [0.25, 0.3) is 5.69 Å². The number of oxazole rings is 1. The second-order valence-electron chi connectivity index (χ2n) is 7.58. The van der Waals surface area contributed by atoms with E-state index in [1.165, 1.54) is 4.80 Å². The predicted octanol–water partition coefficient (Wildman–Crippen LogP) is 4.09. The average molecular weight is 432 g/mol. The molecule has 0 unspecified atom stereocenters. The van der Waals surface area contributed by atoms with Gasteiger partial charge in [0.25, 0.3) is 0 Å². The second-order valence-corrected chi connectivity index (χ2v) is 7.58. The van der Waals surface area contributed by atoms with E-state index >= 15 is 0 Å². The van der Waals surface area contributed by atoms with Crippen LogP contribution in [0.2, 0.25) is 0 Å². The highest BCUT2D eigenvalue weighted by molar-refractivity contribution is 5.86. The molecule has 1 N–H and O–H groups in total. The van der Waals surface area contributed by atoms with Crippen molar-refractivity contribution in [2.24, 2.45) is 0 Å². The number of carbonyl (C=O) groups is 1. The van der Waals surface area contributed by atoms with Gasteiger partial charge in [0.15, 0.2) is 11.6 Å². The molecule has 0 saturated carbocycles. The summed E-state index contributed by atoms with van der Waals surface area (Å²) in [6.45, 7) is 6.19. The van der Waals surface area contributed by atoms with Gasteiger partial charge in [-0.15, -0.1) is 5.10 Å². The van der Waals surface area contributed by atoms with E-state index in [2.05, 4.69) is 15.2 Å². The summed E-state index contributed by atoms with van der Waals surface area (Å²) in [5, 5.41) is 18.1. The Balaban J connectivity index is 1.43. The van der Waals surface area contributed by atoms with Gasteiger partial charge in [0.1, 0.15) is 17.2 Å². The number of nitrogens with zero attached hydrogens (tertiary/aromatic N) is 4. The smallest absolute Gasteiger partial charge is 0.358 e. The third kappa shape index (κ3) is 4.85. The Hall–Kier alpha value is -3.94. The predicted molar refractivity (Wildman–Crippen MR) is 117 cm³/mol. The molecule has 4 aromatic rings. The summed E-state index contributed by atoms with van der Waals surface area (Å²) >= 11 is 0. The summed E-state index contributed by atoms with van der Waals surface area (Å²) in [5.41, 5.74) is 3.99. The maximum atomic E-state index is 11.7. The van der Waals surface area contributed by atoms with Crippen molar-refractivity contribution in [3.05, 3.63) is 88.4 Å². The molecule has 2 aromatic heterocycles. The molecule has 2 heterocycles. The van der Waals surface area contributed by atoms with Gasteiger partial charge in [-0.05, 0) is 43.7 Å². The number of hydrogen-bond acceptors (Lipinski definition) is 6. The van der Waals surface area contributed by atoms with Gasteiger partial charge in [0, 0.05) is 19.8 Å². The zero-order valence-corrected chi connectivity index (χ0v) is 18.2. The number of rotatable bonds is 8. The summed E-state index contributed by atoms with van der Waals surface area (Å²) in [4.78, 5) is 17.4. The topological polar surface area (TPSA) is 103 Å². The molecular weight excluding hydrogens is 408 g/mol. The first kappa shape index (κ1) is 21.3. The molecule has 32 heavy (non-hydrogen) atoms. The molecule has 0 spiro atoms. The monoisotopic (exact) mass is 432 g/mol. The van der Waals surface area contributed by atoms with Crippen LogP contribution < -0.4 is 4.74 Å². The van der Waals surface area contributed by atoms with Gasteiger partial charge >= 0.3 is 5.97 Å². The van der Waals surface area contributed by atoms with Gasteiger partial charge < -0.3 is 14.3 Å². The van der Waals surface area contributed by atoms with Crippen LogP contribution in [-0.4, -0.2) is 37.7 Å². The largest absolute Gasteiger partial charge is 0.493 e. The molecule has 0 aliphatic carbocycles. The number of ether oxygens (including phenoxy) is 1. The molecule has 0 amide bonds. The fraction of sp³-hybridized carbons (Fsp3) is 0.250. The molecule has 2 aromatic carbocycles. The van der Waals surface area contributed by atoms with Crippen LogP contribution in [0.5, 0.6) is 5.75 Å². The molecule has 0 bridgehead atoms. The standard InChI is InChI=1S/C24H24N4O4/c1-15-4-8-19(9-5-15)28-26-22(23(27-28)24(29)30)14-18-6-10-20(11-7-18)31-13-12-21-16(2)32-17(3)25-21/h4-11H,12-14H2,1-3H3,(H,29,30). The molecule has 0 aliphatic rings. The maximum Gasteiger partial charge on any atom is 0.358 e. The van der Waals surface area contributed by atoms with Crippen LogP contribution in [0.15, 0.2) is 52.9 Å². The van der Waals surface area contributed by atoms with E-state index < -0.39 is 5.97 Å². The summed E-state index contributed by atoms with van der Waals surface area (Å²) in [7, 11) is 0. The number of hydrogen-bond donors (Lipinski definition) is 1. The van der Waals surface area contributed by atoms with Crippen LogP contribution in [-0.2, 0) is 12.8 Å². The Morgan fingerprint density at radius 2 is 1.72 bits per heavy atom. The second kappa shape index (κ2) is 9.05. The molecule has 4 rings (SSSR count). The lowest BCUT2D eigenvalue weighted by atomic mass is 10.1. The highest BCUT2D eigenvalue weighted by Crippen LogP contribution is 2.18. The summed E-state index contributed by atoms with van der Waals surface area (Å²) < 4.78 is 11.2. The minimum atomic E-state index is -1.10. The fourth-order valence-corrected chi connectivity index (χ4v) is 3.38. The Kier molecular flexibility index (Phi) is 6.02. The number of benzene rings is 2. The van der Waals surface area contributed by atoms with Gasteiger partial charge in [-0.1, -0.05) is 29.8 Å². The number of carboxylic acids is 1. The van der Waals surface area contributed by atoms with E-state index in [0.29, 0.717) is 36.7 Å². The van der Waals surface area contributed by atoms with Crippen LogP contribution in [0.3, 0.4) is 0 Å². The third-order valence-corrected chi connectivity index (χ3v) is 5.05. The lowest BCUT2D eigenvalue weighted by Gasteiger charge is -2.06. The van der Waals surface area contributed by atoms with E-state index in [-0.39, 0.29) is 5.69 Å². The first-order valence-corrected chi connectivity index (χ1v) is 10.3.